The highest BCUT2D eigenvalue weighted by molar-refractivity contribution is 6.34. The number of hydrogen-bond acceptors (Lipinski definition) is 4. The van der Waals surface area contributed by atoms with Gasteiger partial charge in [0.25, 0.3) is 5.91 Å². The fourth-order valence-corrected chi connectivity index (χ4v) is 2.71. The quantitative estimate of drug-likeness (QED) is 0.761. The summed E-state index contributed by atoms with van der Waals surface area (Å²) >= 11 is 6.05. The number of nitrogens with one attached hydrogen (secondary N) is 1. The van der Waals surface area contributed by atoms with Crippen molar-refractivity contribution in [2.75, 3.05) is 19.4 Å². The number of carbonyl (C=O) groups excluding carboxylic acids is 2. The second-order valence-corrected chi connectivity index (χ2v) is 6.27. The number of fused-ring (bicyclic) bond motifs is 1. The molecule has 0 radical (unpaired) electrons. The van der Waals surface area contributed by atoms with Crippen LogP contribution in [0, 0.1) is 0 Å². The van der Waals surface area contributed by atoms with E-state index in [-0.39, 0.29) is 18.0 Å². The maximum Gasteiger partial charge on any atom is 0.420 e. The Morgan fingerprint density at radius 1 is 1.19 bits per heavy atom. The Hall–Kier alpha value is -3.06. The lowest BCUT2D eigenvalue weighted by Gasteiger charge is -2.13. The standard InChI is InChI=1S/C18H16ClN3O4/c1-21(2)17(24)12-9-11(7-8-13(12)19)20-16(23)10-22-14-5-3-4-6-15(14)26-18(22)25/h3-9H,10H2,1-2H3,(H,20,23). The number of amides is 2. The number of nitrogens with zero attached hydrogens (tertiary/aromatic N) is 2. The van der Waals surface area contributed by atoms with Crippen molar-refractivity contribution in [2.45, 2.75) is 6.54 Å². The smallest absolute Gasteiger partial charge is 0.408 e. The van der Waals surface area contributed by atoms with Crippen LogP contribution in [-0.2, 0) is 11.3 Å². The van der Waals surface area contributed by atoms with Gasteiger partial charge < -0.3 is 14.6 Å². The molecule has 0 aliphatic carbocycles. The van der Waals surface area contributed by atoms with Gasteiger partial charge in [-0.25, -0.2) is 4.79 Å². The summed E-state index contributed by atoms with van der Waals surface area (Å²) in [6.07, 6.45) is 0. The molecule has 0 unspecified atom stereocenters. The molecule has 3 aromatic rings. The van der Waals surface area contributed by atoms with Crippen LogP contribution >= 0.6 is 11.6 Å². The minimum atomic E-state index is -0.610. The lowest BCUT2D eigenvalue weighted by Crippen LogP contribution is -2.25. The molecular formula is C18H16ClN3O4. The summed E-state index contributed by atoms with van der Waals surface area (Å²) in [5, 5.41) is 2.95. The molecule has 1 heterocycles. The summed E-state index contributed by atoms with van der Waals surface area (Å²) in [6.45, 7) is -0.213. The summed E-state index contributed by atoms with van der Waals surface area (Å²) in [7, 11) is 3.22. The molecule has 0 fully saturated rings. The fourth-order valence-electron chi connectivity index (χ4n) is 2.52. The van der Waals surface area contributed by atoms with E-state index in [0.29, 0.717) is 21.8 Å². The SMILES string of the molecule is CN(C)C(=O)c1cc(NC(=O)Cn2c(=O)oc3ccccc32)ccc1Cl. The molecular weight excluding hydrogens is 358 g/mol. The summed E-state index contributed by atoms with van der Waals surface area (Å²) in [6, 6.07) is 11.5. The van der Waals surface area contributed by atoms with E-state index in [4.69, 9.17) is 16.0 Å². The van der Waals surface area contributed by atoms with E-state index in [2.05, 4.69) is 5.32 Å². The third-order valence-electron chi connectivity index (χ3n) is 3.76. The fraction of sp³-hybridized carbons (Fsp3) is 0.167. The molecule has 8 heteroatoms. The molecule has 0 saturated carbocycles. The van der Waals surface area contributed by atoms with Crippen molar-refractivity contribution >= 4 is 40.2 Å². The molecule has 0 saturated heterocycles. The van der Waals surface area contributed by atoms with Crippen molar-refractivity contribution in [2.24, 2.45) is 0 Å². The molecule has 3 rings (SSSR count). The lowest BCUT2D eigenvalue weighted by molar-refractivity contribution is -0.116. The number of anilines is 1. The highest BCUT2D eigenvalue weighted by Crippen LogP contribution is 2.22. The Morgan fingerprint density at radius 2 is 1.92 bits per heavy atom. The number of hydrogen-bond donors (Lipinski definition) is 1. The van der Waals surface area contributed by atoms with Crippen LogP contribution in [0.3, 0.4) is 0 Å². The third kappa shape index (κ3) is 3.48. The molecule has 0 aliphatic rings. The molecule has 26 heavy (non-hydrogen) atoms. The van der Waals surface area contributed by atoms with E-state index in [0.717, 1.165) is 0 Å². The molecule has 0 bridgehead atoms. The van der Waals surface area contributed by atoms with E-state index in [1.54, 1.807) is 44.4 Å². The number of para-hydroxylation sites is 2. The normalized spacial score (nSPS) is 10.7. The third-order valence-corrected chi connectivity index (χ3v) is 4.09. The summed E-state index contributed by atoms with van der Waals surface area (Å²) in [4.78, 5) is 37.8. The van der Waals surface area contributed by atoms with E-state index in [9.17, 15) is 14.4 Å². The largest absolute Gasteiger partial charge is 0.420 e. The van der Waals surface area contributed by atoms with Gasteiger partial charge in [-0.15, -0.1) is 0 Å². The van der Waals surface area contributed by atoms with Crippen LogP contribution < -0.4 is 11.1 Å². The van der Waals surface area contributed by atoms with Gasteiger partial charge in [0.15, 0.2) is 5.58 Å². The topological polar surface area (TPSA) is 84.5 Å². The summed E-state index contributed by atoms with van der Waals surface area (Å²) in [5.41, 5.74) is 1.63. The van der Waals surface area contributed by atoms with Gasteiger partial charge in [0, 0.05) is 19.8 Å². The molecule has 7 nitrogen and oxygen atoms in total. The number of aromatic nitrogens is 1. The Balaban J connectivity index is 1.82. The van der Waals surface area contributed by atoms with Crippen LogP contribution in [0.4, 0.5) is 5.69 Å². The molecule has 134 valence electrons. The van der Waals surface area contributed by atoms with Crippen molar-refractivity contribution < 1.29 is 14.0 Å². The zero-order valence-corrected chi connectivity index (χ0v) is 14.9. The van der Waals surface area contributed by atoms with Crippen LogP contribution in [0.5, 0.6) is 0 Å². The van der Waals surface area contributed by atoms with Crippen LogP contribution in [0.2, 0.25) is 5.02 Å². The van der Waals surface area contributed by atoms with E-state index < -0.39 is 11.7 Å². The first-order valence-electron chi connectivity index (χ1n) is 7.76. The maximum atomic E-state index is 12.3. The number of carbonyl (C=O) groups is 2. The number of halogens is 1. The molecule has 0 spiro atoms. The monoisotopic (exact) mass is 373 g/mol. The molecule has 2 amide bonds. The Bertz CT molecular complexity index is 1050. The Kier molecular flexibility index (Phi) is 4.81. The number of benzene rings is 2. The Morgan fingerprint density at radius 3 is 2.65 bits per heavy atom. The van der Waals surface area contributed by atoms with Crippen molar-refractivity contribution in [1.82, 2.24) is 9.47 Å². The highest BCUT2D eigenvalue weighted by atomic mass is 35.5. The van der Waals surface area contributed by atoms with Gasteiger partial charge in [-0.2, -0.15) is 0 Å². The molecule has 0 atom stereocenters. The minimum Gasteiger partial charge on any atom is -0.408 e. The predicted octanol–water partition coefficient (Wildman–Crippen LogP) is 2.59. The van der Waals surface area contributed by atoms with E-state index >= 15 is 0 Å². The average Bonchev–Trinajstić information content (AvgIpc) is 2.91. The molecule has 1 aromatic heterocycles. The van der Waals surface area contributed by atoms with Gasteiger partial charge in [-0.3, -0.25) is 14.2 Å². The maximum absolute atomic E-state index is 12.3. The van der Waals surface area contributed by atoms with Gasteiger partial charge in [0.2, 0.25) is 5.91 Å². The van der Waals surface area contributed by atoms with Crippen molar-refractivity contribution in [1.29, 1.82) is 0 Å². The van der Waals surface area contributed by atoms with Crippen molar-refractivity contribution in [3.05, 3.63) is 63.6 Å². The van der Waals surface area contributed by atoms with Gasteiger partial charge in [-0.1, -0.05) is 23.7 Å². The van der Waals surface area contributed by atoms with E-state index in [1.807, 2.05) is 0 Å². The lowest BCUT2D eigenvalue weighted by atomic mass is 10.1. The molecule has 0 aliphatic heterocycles. The zero-order chi connectivity index (χ0) is 18.8. The number of oxazole rings is 1. The second-order valence-electron chi connectivity index (χ2n) is 5.86. The molecule has 1 N–H and O–H groups in total. The zero-order valence-electron chi connectivity index (χ0n) is 14.2. The van der Waals surface area contributed by atoms with Gasteiger partial charge in [-0.05, 0) is 30.3 Å². The first kappa shape index (κ1) is 17.8. The Labute approximate surface area is 153 Å². The van der Waals surface area contributed by atoms with Gasteiger partial charge in [0.05, 0.1) is 16.1 Å². The van der Waals surface area contributed by atoms with Crippen molar-refractivity contribution in [3.63, 3.8) is 0 Å². The summed E-state index contributed by atoms with van der Waals surface area (Å²) in [5.74, 6) is -1.31. The first-order valence-corrected chi connectivity index (χ1v) is 8.14. The number of rotatable bonds is 4. The van der Waals surface area contributed by atoms with Crippen LogP contribution in [0.1, 0.15) is 10.4 Å². The second kappa shape index (κ2) is 7.05. The van der Waals surface area contributed by atoms with Gasteiger partial charge in [0.1, 0.15) is 6.54 Å². The molecule has 2 aromatic carbocycles. The average molecular weight is 374 g/mol. The van der Waals surface area contributed by atoms with Crippen molar-refractivity contribution in [3.8, 4) is 0 Å². The minimum absolute atomic E-state index is 0.213. The van der Waals surface area contributed by atoms with Gasteiger partial charge >= 0.3 is 5.76 Å². The predicted molar refractivity (Wildman–Crippen MR) is 98.6 cm³/mol. The van der Waals surface area contributed by atoms with Crippen LogP contribution in [0.25, 0.3) is 11.1 Å². The highest BCUT2D eigenvalue weighted by Gasteiger charge is 2.15. The van der Waals surface area contributed by atoms with Crippen LogP contribution in [-0.4, -0.2) is 35.4 Å². The summed E-state index contributed by atoms with van der Waals surface area (Å²) < 4.78 is 6.35. The van der Waals surface area contributed by atoms with E-state index in [1.165, 1.54) is 21.6 Å². The van der Waals surface area contributed by atoms with Crippen LogP contribution in [0.15, 0.2) is 51.7 Å². The first-order chi connectivity index (χ1) is 12.4.